The maximum absolute atomic E-state index is 13.3. The lowest BCUT2D eigenvalue weighted by Crippen LogP contribution is -2.52. The molecule has 6 nitrogen and oxygen atoms in total. The molecule has 2 atom stereocenters. The van der Waals surface area contributed by atoms with Crippen molar-refractivity contribution >= 4 is 17.8 Å². The van der Waals surface area contributed by atoms with Gasteiger partial charge in [-0.1, -0.05) is 12.1 Å². The van der Waals surface area contributed by atoms with Crippen LogP contribution in [0.3, 0.4) is 0 Å². The third-order valence-corrected chi connectivity index (χ3v) is 3.15. The first-order valence-corrected chi connectivity index (χ1v) is 7.20. The van der Waals surface area contributed by atoms with E-state index in [1.807, 2.05) is 0 Å². The van der Waals surface area contributed by atoms with Gasteiger partial charge in [0.05, 0.1) is 7.11 Å². The highest BCUT2D eigenvalue weighted by molar-refractivity contribution is 5.90. The minimum atomic E-state index is -1.02. The molecule has 0 unspecified atom stereocenters. The van der Waals surface area contributed by atoms with Crippen LogP contribution in [0, 0.1) is 18.2 Å². The molecule has 0 saturated heterocycles. The van der Waals surface area contributed by atoms with Crippen molar-refractivity contribution in [1.82, 2.24) is 10.6 Å². The van der Waals surface area contributed by atoms with Gasteiger partial charge >= 0.3 is 5.97 Å². The largest absolute Gasteiger partial charge is 0.467 e. The molecular formula is C17H19FN2O4. The molecule has 2 N–H and O–H groups in total. The van der Waals surface area contributed by atoms with E-state index in [0.29, 0.717) is 5.56 Å². The first kappa shape index (κ1) is 19.2. The average molecular weight is 334 g/mol. The van der Waals surface area contributed by atoms with Crippen molar-refractivity contribution in [2.24, 2.45) is 0 Å². The Morgan fingerprint density at radius 3 is 2.54 bits per heavy atom. The molecule has 7 heteroatoms. The van der Waals surface area contributed by atoms with E-state index < -0.39 is 35.7 Å². The summed E-state index contributed by atoms with van der Waals surface area (Å²) in [5, 5.41) is 4.92. The van der Waals surface area contributed by atoms with Crippen LogP contribution >= 0.6 is 0 Å². The molecule has 24 heavy (non-hydrogen) atoms. The zero-order valence-corrected chi connectivity index (χ0v) is 13.5. The summed E-state index contributed by atoms with van der Waals surface area (Å²) in [7, 11) is 1.18. The number of halogens is 1. The number of hydrogen-bond acceptors (Lipinski definition) is 4. The van der Waals surface area contributed by atoms with Gasteiger partial charge in [-0.05, 0) is 17.7 Å². The van der Waals surface area contributed by atoms with E-state index in [1.54, 1.807) is 6.07 Å². The summed E-state index contributed by atoms with van der Waals surface area (Å²) in [6, 6.07) is 3.68. The lowest BCUT2D eigenvalue weighted by molar-refractivity contribution is -0.145. The fourth-order valence-corrected chi connectivity index (χ4v) is 2.08. The summed E-state index contributed by atoms with van der Waals surface area (Å²) < 4.78 is 17.8. The lowest BCUT2D eigenvalue weighted by Gasteiger charge is -2.21. The van der Waals surface area contributed by atoms with Gasteiger partial charge in [0.15, 0.2) is 0 Å². The fraction of sp³-hybridized carbons (Fsp3) is 0.353. The number of esters is 1. The van der Waals surface area contributed by atoms with E-state index in [9.17, 15) is 18.8 Å². The monoisotopic (exact) mass is 334 g/mol. The molecule has 2 amide bonds. The molecule has 0 spiro atoms. The second-order valence-electron chi connectivity index (χ2n) is 5.08. The molecule has 1 rings (SSSR count). The molecule has 0 saturated carbocycles. The Bertz CT molecular complexity index is 654. The Morgan fingerprint density at radius 2 is 2.00 bits per heavy atom. The Hall–Kier alpha value is -2.88. The molecule has 0 heterocycles. The second kappa shape index (κ2) is 9.30. The molecule has 0 aromatic heterocycles. The van der Waals surface area contributed by atoms with Crippen LogP contribution in [0.4, 0.5) is 4.39 Å². The van der Waals surface area contributed by atoms with Gasteiger partial charge in [0, 0.05) is 19.8 Å². The molecule has 0 aliphatic rings. The number of ether oxygens (including phenoxy) is 1. The summed E-state index contributed by atoms with van der Waals surface area (Å²) >= 11 is 0. The normalized spacial score (nSPS) is 12.4. The molecule has 1 aromatic rings. The topological polar surface area (TPSA) is 84.5 Å². The van der Waals surface area contributed by atoms with Crippen molar-refractivity contribution in [2.75, 3.05) is 7.11 Å². The van der Waals surface area contributed by atoms with Crippen LogP contribution in [0.5, 0.6) is 0 Å². The summed E-state index contributed by atoms with van der Waals surface area (Å²) in [5.74, 6) is 0.0932. The van der Waals surface area contributed by atoms with E-state index in [4.69, 9.17) is 6.42 Å². The van der Waals surface area contributed by atoms with Crippen molar-refractivity contribution < 1.29 is 23.5 Å². The van der Waals surface area contributed by atoms with E-state index in [1.165, 1.54) is 32.2 Å². The van der Waals surface area contributed by atoms with Crippen LogP contribution in [0.1, 0.15) is 18.9 Å². The molecule has 0 fully saturated rings. The van der Waals surface area contributed by atoms with Crippen molar-refractivity contribution in [1.29, 1.82) is 0 Å². The predicted molar refractivity (Wildman–Crippen MR) is 85.1 cm³/mol. The minimum absolute atomic E-state index is 0.0504. The first-order valence-electron chi connectivity index (χ1n) is 7.20. The van der Waals surface area contributed by atoms with E-state index >= 15 is 0 Å². The highest BCUT2D eigenvalue weighted by Gasteiger charge is 2.26. The highest BCUT2D eigenvalue weighted by Crippen LogP contribution is 2.07. The van der Waals surface area contributed by atoms with Gasteiger partial charge in [0.2, 0.25) is 11.8 Å². The maximum atomic E-state index is 13.3. The maximum Gasteiger partial charge on any atom is 0.329 e. The first-order chi connectivity index (χ1) is 11.4. The molecule has 0 bridgehead atoms. The summed E-state index contributed by atoms with van der Waals surface area (Å²) in [5.41, 5.74) is 0.524. The number of carbonyl (C=O) groups is 3. The van der Waals surface area contributed by atoms with Gasteiger partial charge in [0.1, 0.15) is 17.9 Å². The number of hydrogen-bond donors (Lipinski definition) is 2. The van der Waals surface area contributed by atoms with Gasteiger partial charge < -0.3 is 15.4 Å². The molecular weight excluding hydrogens is 315 g/mol. The van der Waals surface area contributed by atoms with Crippen molar-refractivity contribution in [2.45, 2.75) is 31.8 Å². The van der Waals surface area contributed by atoms with Crippen LogP contribution in [0.25, 0.3) is 0 Å². The van der Waals surface area contributed by atoms with E-state index in [-0.39, 0.29) is 12.8 Å². The third kappa shape index (κ3) is 6.08. The number of methoxy groups -OCH3 is 1. The van der Waals surface area contributed by atoms with Gasteiger partial charge in [0.25, 0.3) is 0 Å². The summed E-state index contributed by atoms with van der Waals surface area (Å²) in [6.45, 7) is 1.26. The number of benzene rings is 1. The quantitative estimate of drug-likeness (QED) is 0.563. The van der Waals surface area contributed by atoms with Crippen LogP contribution in [-0.4, -0.2) is 37.0 Å². The number of carbonyl (C=O) groups excluding carboxylic acids is 3. The third-order valence-electron chi connectivity index (χ3n) is 3.15. The van der Waals surface area contributed by atoms with Crippen molar-refractivity contribution in [3.8, 4) is 12.3 Å². The molecule has 0 aliphatic heterocycles. The van der Waals surface area contributed by atoms with Crippen LogP contribution in [-0.2, 0) is 25.5 Å². The Kier molecular flexibility index (Phi) is 7.43. The molecule has 0 aliphatic carbocycles. The Morgan fingerprint density at radius 1 is 1.29 bits per heavy atom. The Balaban J connectivity index is 2.89. The summed E-state index contributed by atoms with van der Waals surface area (Å²) in [4.78, 5) is 35.3. The van der Waals surface area contributed by atoms with Crippen LogP contribution in [0.15, 0.2) is 24.3 Å². The standard InChI is InChI=1S/C17H19FN2O4/c1-4-6-14(17(23)24-3)20-16(22)15(19-11(2)21)10-12-7-5-8-13(18)9-12/h1,5,7-9,14-15H,6,10H2,2-3H3,(H,19,21)(H,20,22)/t14-,15-/m0/s1. The van der Waals surface area contributed by atoms with Crippen LogP contribution in [0.2, 0.25) is 0 Å². The number of nitrogens with one attached hydrogen (secondary N) is 2. The van der Waals surface area contributed by atoms with E-state index in [2.05, 4.69) is 21.3 Å². The van der Waals surface area contributed by atoms with E-state index in [0.717, 1.165) is 0 Å². The van der Waals surface area contributed by atoms with Crippen molar-refractivity contribution in [3.63, 3.8) is 0 Å². The minimum Gasteiger partial charge on any atom is -0.467 e. The highest BCUT2D eigenvalue weighted by atomic mass is 19.1. The van der Waals surface area contributed by atoms with Crippen molar-refractivity contribution in [3.05, 3.63) is 35.6 Å². The zero-order chi connectivity index (χ0) is 18.1. The second-order valence-corrected chi connectivity index (χ2v) is 5.08. The number of rotatable bonds is 7. The van der Waals surface area contributed by atoms with Gasteiger partial charge in [-0.25, -0.2) is 9.18 Å². The lowest BCUT2D eigenvalue weighted by atomic mass is 10.0. The molecule has 1 aromatic carbocycles. The number of amides is 2. The summed E-state index contributed by atoms with van der Waals surface area (Å²) in [6.07, 6.45) is 5.19. The number of terminal acetylenes is 1. The van der Waals surface area contributed by atoms with Gasteiger partial charge in [-0.3, -0.25) is 9.59 Å². The average Bonchev–Trinajstić information content (AvgIpc) is 2.52. The van der Waals surface area contributed by atoms with Gasteiger partial charge in [-0.2, -0.15) is 0 Å². The van der Waals surface area contributed by atoms with Gasteiger partial charge in [-0.15, -0.1) is 12.3 Å². The predicted octanol–water partition coefficient (Wildman–Crippen LogP) is 0.554. The zero-order valence-electron chi connectivity index (χ0n) is 13.5. The molecule has 0 radical (unpaired) electrons. The SMILES string of the molecule is C#CC[C@H](NC(=O)[C@H](Cc1cccc(F)c1)NC(C)=O)C(=O)OC. The fourth-order valence-electron chi connectivity index (χ4n) is 2.08. The molecule has 128 valence electrons. The van der Waals surface area contributed by atoms with Crippen LogP contribution < -0.4 is 10.6 Å². The Labute approximate surface area is 139 Å². The smallest absolute Gasteiger partial charge is 0.329 e.